The number of nitrogens with zero attached hydrogens (tertiary/aromatic N) is 7. The van der Waals surface area contributed by atoms with E-state index < -0.39 is 24.0 Å². The van der Waals surface area contributed by atoms with Crippen molar-refractivity contribution in [3.8, 4) is 16.8 Å². The highest BCUT2D eigenvalue weighted by Crippen LogP contribution is 2.31. The van der Waals surface area contributed by atoms with E-state index >= 15 is 0 Å². The Bertz CT molecular complexity index is 1810. The predicted molar refractivity (Wildman–Crippen MR) is 153 cm³/mol. The summed E-state index contributed by atoms with van der Waals surface area (Å²) in [5.74, 6) is -1.17. The molecule has 0 spiro atoms. The number of nitrogens with one attached hydrogen (secondary N) is 1. The van der Waals surface area contributed by atoms with E-state index in [-0.39, 0.29) is 25.3 Å². The summed E-state index contributed by atoms with van der Waals surface area (Å²) < 4.78 is 17.7. The SMILES string of the molecule is CC(=O)c1cn(CC(=O)N2C[C@H](F)CC2C(=O)Nc2cccc(Cl)c2-n2cncn2)c2ccc(-c3ccnnc3)cc12. The van der Waals surface area contributed by atoms with Crippen molar-refractivity contribution in [2.45, 2.75) is 32.1 Å². The molecule has 3 aromatic heterocycles. The number of hydrogen-bond acceptors (Lipinski definition) is 7. The summed E-state index contributed by atoms with van der Waals surface area (Å²) >= 11 is 6.38. The Labute approximate surface area is 243 Å². The Morgan fingerprint density at radius 2 is 1.98 bits per heavy atom. The number of alkyl halides is 1. The second-order valence-corrected chi connectivity index (χ2v) is 10.4. The van der Waals surface area contributed by atoms with E-state index in [4.69, 9.17) is 11.6 Å². The van der Waals surface area contributed by atoms with E-state index in [1.807, 2.05) is 24.3 Å². The minimum Gasteiger partial charge on any atom is -0.337 e. The number of rotatable bonds is 7. The molecule has 6 rings (SSSR count). The molecule has 1 aliphatic heterocycles. The van der Waals surface area contributed by atoms with E-state index in [2.05, 4.69) is 25.6 Å². The molecule has 0 radical (unpaired) electrons. The highest BCUT2D eigenvalue weighted by molar-refractivity contribution is 6.33. The second kappa shape index (κ2) is 11.1. The van der Waals surface area contributed by atoms with Gasteiger partial charge in [-0.15, -0.1) is 0 Å². The lowest BCUT2D eigenvalue weighted by Crippen LogP contribution is -2.44. The third-order valence-corrected chi connectivity index (χ3v) is 7.55. The number of likely N-dealkylation sites (tertiary alicyclic amines) is 1. The molecular formula is C29H24ClFN8O3. The van der Waals surface area contributed by atoms with E-state index in [0.29, 0.717) is 32.9 Å². The van der Waals surface area contributed by atoms with Gasteiger partial charge in [0, 0.05) is 34.6 Å². The van der Waals surface area contributed by atoms with Gasteiger partial charge in [0.05, 0.1) is 29.6 Å². The fraction of sp³-hybridized carbons (Fsp3) is 0.207. The number of benzene rings is 2. The molecule has 2 aromatic carbocycles. The number of amides is 2. The van der Waals surface area contributed by atoms with Crippen molar-refractivity contribution in [2.75, 3.05) is 11.9 Å². The zero-order chi connectivity index (χ0) is 29.4. The first-order valence-electron chi connectivity index (χ1n) is 13.1. The third kappa shape index (κ3) is 5.12. The molecule has 1 aliphatic rings. The molecule has 42 heavy (non-hydrogen) atoms. The zero-order valence-electron chi connectivity index (χ0n) is 22.3. The smallest absolute Gasteiger partial charge is 0.247 e. The Hall–Kier alpha value is -4.97. The van der Waals surface area contributed by atoms with Crippen molar-refractivity contribution in [1.82, 2.24) is 34.4 Å². The number of Topliss-reactive ketones (excluding diaryl/α,β-unsaturated/α-hetero) is 1. The maximum atomic E-state index is 14.7. The van der Waals surface area contributed by atoms with Crippen LogP contribution in [0.25, 0.3) is 27.7 Å². The van der Waals surface area contributed by atoms with Crippen molar-refractivity contribution < 1.29 is 18.8 Å². The van der Waals surface area contributed by atoms with Gasteiger partial charge in [0.15, 0.2) is 5.78 Å². The molecule has 0 bridgehead atoms. The molecule has 13 heteroatoms. The Balaban J connectivity index is 1.26. The van der Waals surface area contributed by atoms with Crippen molar-refractivity contribution in [2.24, 2.45) is 0 Å². The number of halogens is 2. The molecule has 2 atom stereocenters. The van der Waals surface area contributed by atoms with Gasteiger partial charge in [-0.1, -0.05) is 23.7 Å². The van der Waals surface area contributed by atoms with E-state index in [9.17, 15) is 18.8 Å². The predicted octanol–water partition coefficient (Wildman–Crippen LogP) is 4.11. The number of aromatic nitrogens is 6. The summed E-state index contributed by atoms with van der Waals surface area (Å²) in [6, 6.07) is 11.3. The second-order valence-electron chi connectivity index (χ2n) is 9.95. The minimum atomic E-state index is -1.37. The summed E-state index contributed by atoms with van der Waals surface area (Å²) in [5.41, 5.74) is 3.52. The van der Waals surface area contributed by atoms with E-state index in [0.717, 1.165) is 11.1 Å². The van der Waals surface area contributed by atoms with Crippen LogP contribution in [0.1, 0.15) is 23.7 Å². The number of carbonyl (C=O) groups excluding carboxylic acids is 3. The van der Waals surface area contributed by atoms with Gasteiger partial charge in [-0.2, -0.15) is 15.3 Å². The molecule has 2 amide bonds. The Morgan fingerprint density at radius 1 is 1.12 bits per heavy atom. The lowest BCUT2D eigenvalue weighted by atomic mass is 10.0. The van der Waals surface area contributed by atoms with Crippen LogP contribution < -0.4 is 5.32 Å². The maximum Gasteiger partial charge on any atom is 0.247 e. The first-order chi connectivity index (χ1) is 20.3. The Kier molecular flexibility index (Phi) is 7.21. The summed E-state index contributed by atoms with van der Waals surface area (Å²) in [6.07, 6.45) is 6.08. The molecule has 1 saturated heterocycles. The quantitative estimate of drug-likeness (QED) is 0.284. The molecule has 1 unspecified atom stereocenters. The number of hydrogen-bond donors (Lipinski definition) is 1. The van der Waals surface area contributed by atoms with Crippen molar-refractivity contribution >= 4 is 45.8 Å². The number of ketones is 1. The van der Waals surface area contributed by atoms with Crippen LogP contribution in [0, 0.1) is 0 Å². The molecule has 1 fully saturated rings. The molecular weight excluding hydrogens is 563 g/mol. The number of para-hydroxylation sites is 1. The molecule has 1 N–H and O–H groups in total. The highest BCUT2D eigenvalue weighted by atomic mass is 35.5. The highest BCUT2D eigenvalue weighted by Gasteiger charge is 2.40. The molecule has 0 aliphatic carbocycles. The summed E-state index contributed by atoms with van der Waals surface area (Å²) in [4.78, 5) is 44.7. The van der Waals surface area contributed by atoms with Gasteiger partial charge >= 0.3 is 0 Å². The topological polar surface area (TPSA) is 128 Å². The summed E-state index contributed by atoms with van der Waals surface area (Å²) in [7, 11) is 0. The number of anilines is 1. The van der Waals surface area contributed by atoms with Crippen LogP contribution in [-0.4, -0.2) is 70.8 Å². The van der Waals surface area contributed by atoms with Gasteiger partial charge in [-0.25, -0.2) is 14.1 Å². The first-order valence-corrected chi connectivity index (χ1v) is 13.5. The molecule has 11 nitrogen and oxygen atoms in total. The average molecular weight is 587 g/mol. The average Bonchev–Trinajstić information content (AvgIpc) is 3.73. The Morgan fingerprint density at radius 3 is 2.71 bits per heavy atom. The van der Waals surface area contributed by atoms with Crippen LogP contribution in [0.5, 0.6) is 0 Å². The van der Waals surface area contributed by atoms with Crippen molar-refractivity contribution in [3.63, 3.8) is 0 Å². The first kappa shape index (κ1) is 27.2. The van der Waals surface area contributed by atoms with Gasteiger partial charge in [0.2, 0.25) is 11.8 Å². The lowest BCUT2D eigenvalue weighted by molar-refractivity contribution is -0.137. The standard InChI is InChI=1S/C29H24ClFN8O3/c1-17(40)22-13-37(25-6-5-18(9-21(22)25)19-7-8-33-34-11-19)14-27(41)38-12-20(31)10-26(38)29(42)36-24-4-2-3-23(30)28(24)39-16-32-15-35-39/h2-9,11,13,15-16,20,26H,10,12,14H2,1H3,(H,36,42)/t20-,26?/m1/s1. The number of fused-ring (bicyclic) bond motifs is 1. The van der Waals surface area contributed by atoms with Crippen LogP contribution in [0.15, 0.2) is 73.7 Å². The van der Waals surface area contributed by atoms with Gasteiger partial charge in [-0.05, 0) is 42.8 Å². The van der Waals surface area contributed by atoms with Gasteiger partial charge in [0.1, 0.15) is 37.1 Å². The maximum absolute atomic E-state index is 14.7. The van der Waals surface area contributed by atoms with Crippen molar-refractivity contribution in [1.29, 1.82) is 0 Å². The van der Waals surface area contributed by atoms with E-state index in [1.54, 1.807) is 41.4 Å². The van der Waals surface area contributed by atoms with Gasteiger partial charge in [0.25, 0.3) is 0 Å². The lowest BCUT2D eigenvalue weighted by Gasteiger charge is -2.24. The third-order valence-electron chi connectivity index (χ3n) is 7.25. The van der Waals surface area contributed by atoms with E-state index in [1.165, 1.54) is 29.2 Å². The van der Waals surface area contributed by atoms with Crippen LogP contribution in [0.3, 0.4) is 0 Å². The largest absolute Gasteiger partial charge is 0.337 e. The summed E-state index contributed by atoms with van der Waals surface area (Å²) in [5, 5.41) is 15.6. The number of carbonyl (C=O) groups is 3. The fourth-order valence-corrected chi connectivity index (χ4v) is 5.54. The van der Waals surface area contributed by atoms with Crippen LogP contribution in [0.4, 0.5) is 10.1 Å². The fourth-order valence-electron chi connectivity index (χ4n) is 5.28. The molecule has 212 valence electrons. The van der Waals surface area contributed by atoms with Gasteiger partial charge in [-0.3, -0.25) is 14.4 Å². The molecule has 0 saturated carbocycles. The normalized spacial score (nSPS) is 16.6. The molecule has 5 aromatic rings. The summed E-state index contributed by atoms with van der Waals surface area (Å²) in [6.45, 7) is 1.05. The zero-order valence-corrected chi connectivity index (χ0v) is 23.1. The van der Waals surface area contributed by atoms with Crippen molar-refractivity contribution in [3.05, 3.63) is 84.3 Å². The van der Waals surface area contributed by atoms with Gasteiger partial charge < -0.3 is 14.8 Å². The minimum absolute atomic E-state index is 0.148. The van der Waals surface area contributed by atoms with Crippen LogP contribution in [0.2, 0.25) is 5.02 Å². The van der Waals surface area contributed by atoms with Crippen LogP contribution >= 0.6 is 11.6 Å². The van der Waals surface area contributed by atoms with Crippen LogP contribution in [-0.2, 0) is 16.1 Å². The molecule has 4 heterocycles. The monoisotopic (exact) mass is 586 g/mol.